The topological polar surface area (TPSA) is 39.4 Å². The molecule has 5 aromatic rings. The molecule has 0 amide bonds. The van der Waals surface area contributed by atoms with Crippen LogP contribution in [0.3, 0.4) is 0 Å². The van der Waals surface area contributed by atoms with Crippen molar-refractivity contribution in [2.75, 3.05) is 0 Å². The standard InChI is InChI=1S/C9H6O3.3C6H5.Sn/c10-7-3-1-6-2-4-9(11)12-8(6)5-7;3*1-2-4-6-5-3-1;/h1-5,10H;3*1-5H;/q;;;;+1/p-1. The van der Waals surface area contributed by atoms with Crippen LogP contribution >= 0.6 is 0 Å². The van der Waals surface area contributed by atoms with Crippen molar-refractivity contribution >= 4 is 40.5 Å². The number of hydrogen-bond donors (Lipinski definition) is 0. The minimum atomic E-state index is -3.91. The second-order valence-corrected chi connectivity index (χ2v) is 16.7. The van der Waals surface area contributed by atoms with Crippen molar-refractivity contribution in [3.63, 3.8) is 0 Å². The van der Waals surface area contributed by atoms with Crippen molar-refractivity contribution in [3.8, 4) is 5.75 Å². The van der Waals surface area contributed by atoms with Crippen LogP contribution in [0.25, 0.3) is 11.0 Å². The molecule has 150 valence electrons. The summed E-state index contributed by atoms with van der Waals surface area (Å²) in [6, 6.07) is 40.4. The van der Waals surface area contributed by atoms with Gasteiger partial charge in [0, 0.05) is 0 Å². The summed E-state index contributed by atoms with van der Waals surface area (Å²) in [5.74, 6) is 0.703. The van der Waals surface area contributed by atoms with Crippen LogP contribution in [0, 0.1) is 0 Å². The minimum absolute atomic E-state index is 0.367. The van der Waals surface area contributed by atoms with E-state index in [9.17, 15) is 4.79 Å². The van der Waals surface area contributed by atoms with Gasteiger partial charge in [-0.15, -0.1) is 0 Å². The Labute approximate surface area is 185 Å². The Bertz CT molecular complexity index is 1270. The summed E-state index contributed by atoms with van der Waals surface area (Å²) in [6.07, 6.45) is 0. The van der Waals surface area contributed by atoms with Crippen LogP contribution in [-0.2, 0) is 0 Å². The average Bonchev–Trinajstić information content (AvgIpc) is 2.84. The second-order valence-electron chi connectivity index (χ2n) is 7.34. The number of benzene rings is 4. The summed E-state index contributed by atoms with van der Waals surface area (Å²) in [7, 11) is 0. The SMILES string of the molecule is O=c1ccc2ccc([O][Sn]([c]3ccccc3)([c]3ccccc3)[c]3ccccc3)cc2o1. The molecular formula is C27H20O3Sn. The predicted octanol–water partition coefficient (Wildman–Crippen LogP) is 3.84. The molecule has 0 atom stereocenters. The van der Waals surface area contributed by atoms with Crippen LogP contribution in [0.4, 0.5) is 0 Å². The Morgan fingerprint density at radius 1 is 0.581 bits per heavy atom. The zero-order valence-electron chi connectivity index (χ0n) is 16.8. The number of fused-ring (bicyclic) bond motifs is 1. The molecule has 0 unspecified atom stereocenters. The first-order valence-electron chi connectivity index (χ1n) is 10.2. The van der Waals surface area contributed by atoms with Crippen molar-refractivity contribution in [1.29, 1.82) is 0 Å². The quantitative estimate of drug-likeness (QED) is 0.266. The van der Waals surface area contributed by atoms with E-state index in [2.05, 4.69) is 72.8 Å². The Morgan fingerprint density at radius 3 is 1.58 bits per heavy atom. The van der Waals surface area contributed by atoms with Gasteiger partial charge >= 0.3 is 185 Å². The predicted molar refractivity (Wildman–Crippen MR) is 127 cm³/mol. The first-order chi connectivity index (χ1) is 15.3. The molecule has 31 heavy (non-hydrogen) atoms. The number of hydrogen-bond acceptors (Lipinski definition) is 3. The molecule has 4 aromatic carbocycles. The molecule has 0 saturated heterocycles. The van der Waals surface area contributed by atoms with Crippen LogP contribution in [-0.4, -0.2) is 18.8 Å². The monoisotopic (exact) mass is 512 g/mol. The molecule has 0 aliphatic carbocycles. The van der Waals surface area contributed by atoms with E-state index in [0.717, 1.165) is 5.39 Å². The molecule has 0 N–H and O–H groups in total. The molecule has 1 heterocycles. The molecule has 0 bridgehead atoms. The first-order valence-corrected chi connectivity index (χ1v) is 15.6. The molecule has 0 fully saturated rings. The fourth-order valence-corrected chi connectivity index (χ4v) is 14.9. The van der Waals surface area contributed by atoms with Crippen LogP contribution in [0.2, 0.25) is 0 Å². The fourth-order valence-electron chi connectivity index (χ4n) is 3.98. The normalized spacial score (nSPS) is 11.4. The van der Waals surface area contributed by atoms with Crippen molar-refractivity contribution in [3.05, 3.63) is 132 Å². The van der Waals surface area contributed by atoms with Crippen LogP contribution in [0.15, 0.2) is 131 Å². The van der Waals surface area contributed by atoms with E-state index in [4.69, 9.17) is 7.49 Å². The molecule has 3 nitrogen and oxygen atoms in total. The maximum absolute atomic E-state index is 11.8. The van der Waals surface area contributed by atoms with Gasteiger partial charge in [0.1, 0.15) is 0 Å². The first kappa shape index (κ1) is 19.6. The third-order valence-corrected chi connectivity index (χ3v) is 16.8. The Morgan fingerprint density at radius 2 is 1.06 bits per heavy atom. The zero-order valence-corrected chi connectivity index (χ0v) is 19.6. The summed E-state index contributed by atoms with van der Waals surface area (Å²) in [4.78, 5) is 11.8. The van der Waals surface area contributed by atoms with Crippen LogP contribution < -0.4 is 19.4 Å². The molecule has 0 aliphatic rings. The van der Waals surface area contributed by atoms with Gasteiger partial charge in [-0.05, 0) is 0 Å². The summed E-state index contributed by atoms with van der Waals surface area (Å²) < 4.78 is 16.1. The van der Waals surface area contributed by atoms with Gasteiger partial charge in [0.05, 0.1) is 0 Å². The fraction of sp³-hybridized carbons (Fsp3) is 0. The van der Waals surface area contributed by atoms with Gasteiger partial charge in [-0.25, -0.2) is 0 Å². The molecular weight excluding hydrogens is 491 g/mol. The van der Waals surface area contributed by atoms with Gasteiger partial charge in [0.25, 0.3) is 0 Å². The summed E-state index contributed by atoms with van der Waals surface area (Å²) >= 11 is -3.91. The van der Waals surface area contributed by atoms with E-state index < -0.39 is 18.8 Å². The van der Waals surface area contributed by atoms with Gasteiger partial charge in [-0.1, -0.05) is 0 Å². The zero-order chi connectivity index (χ0) is 21.1. The Kier molecular flexibility index (Phi) is 5.35. The molecule has 0 saturated carbocycles. The van der Waals surface area contributed by atoms with Gasteiger partial charge in [0.15, 0.2) is 0 Å². The molecule has 0 radical (unpaired) electrons. The van der Waals surface area contributed by atoms with Gasteiger partial charge < -0.3 is 0 Å². The summed E-state index contributed by atoms with van der Waals surface area (Å²) in [6.45, 7) is 0. The molecule has 0 aliphatic heterocycles. The van der Waals surface area contributed by atoms with E-state index in [0.29, 0.717) is 11.3 Å². The van der Waals surface area contributed by atoms with Gasteiger partial charge in [-0.3, -0.25) is 0 Å². The van der Waals surface area contributed by atoms with Crippen LogP contribution in [0.5, 0.6) is 5.75 Å². The van der Waals surface area contributed by atoms with Crippen LogP contribution in [0.1, 0.15) is 0 Å². The Hall–Kier alpha value is -3.31. The maximum atomic E-state index is 11.8. The molecule has 1 aromatic heterocycles. The Balaban J connectivity index is 1.77. The van der Waals surface area contributed by atoms with Crippen molar-refractivity contribution in [2.45, 2.75) is 0 Å². The molecule has 0 spiro atoms. The van der Waals surface area contributed by atoms with E-state index in [1.807, 2.05) is 36.4 Å². The summed E-state index contributed by atoms with van der Waals surface area (Å²) in [5.41, 5.74) is 0.160. The van der Waals surface area contributed by atoms with E-state index >= 15 is 0 Å². The van der Waals surface area contributed by atoms with Crippen molar-refractivity contribution < 1.29 is 7.49 Å². The van der Waals surface area contributed by atoms with E-state index in [1.54, 1.807) is 6.07 Å². The van der Waals surface area contributed by atoms with E-state index in [1.165, 1.54) is 16.8 Å². The van der Waals surface area contributed by atoms with Crippen molar-refractivity contribution in [1.82, 2.24) is 0 Å². The average molecular weight is 511 g/mol. The molecule has 4 heteroatoms. The van der Waals surface area contributed by atoms with E-state index in [-0.39, 0.29) is 5.63 Å². The second kappa shape index (κ2) is 8.44. The summed E-state index contributed by atoms with van der Waals surface area (Å²) in [5, 5.41) is 0.867. The van der Waals surface area contributed by atoms with Crippen molar-refractivity contribution in [2.24, 2.45) is 0 Å². The van der Waals surface area contributed by atoms with Gasteiger partial charge in [0.2, 0.25) is 0 Å². The number of rotatable bonds is 5. The van der Waals surface area contributed by atoms with Gasteiger partial charge in [-0.2, -0.15) is 0 Å². The third-order valence-electron chi connectivity index (χ3n) is 5.41. The molecule has 5 rings (SSSR count). The third kappa shape index (κ3) is 3.77.